The molecule has 16 heavy (non-hydrogen) atoms. The Morgan fingerprint density at radius 2 is 2.19 bits per heavy atom. The van der Waals surface area contributed by atoms with Crippen molar-refractivity contribution in [3.05, 3.63) is 38.8 Å². The summed E-state index contributed by atoms with van der Waals surface area (Å²) in [6, 6.07) is 9.63. The third-order valence-corrected chi connectivity index (χ3v) is 4.19. The highest BCUT2D eigenvalue weighted by molar-refractivity contribution is 9.11. The monoisotopic (exact) mass is 312 g/mol. The highest BCUT2D eigenvalue weighted by Gasteiger charge is 2.12. The number of benzene rings is 1. The van der Waals surface area contributed by atoms with Gasteiger partial charge in [0.15, 0.2) is 0 Å². The van der Waals surface area contributed by atoms with E-state index >= 15 is 0 Å². The minimum Gasteiger partial charge on any atom is -0.239 e. The predicted octanol–water partition coefficient (Wildman–Crippen LogP) is 4.29. The Labute approximate surface area is 111 Å². The summed E-state index contributed by atoms with van der Waals surface area (Å²) in [5.41, 5.74) is 1.67. The molecule has 0 fully saturated rings. The van der Waals surface area contributed by atoms with E-state index in [2.05, 4.69) is 27.0 Å². The molecule has 1 aromatic heterocycles. The summed E-state index contributed by atoms with van der Waals surface area (Å²) in [4.78, 5) is 4.40. The van der Waals surface area contributed by atoms with Gasteiger partial charge in [0.2, 0.25) is 0 Å². The van der Waals surface area contributed by atoms with Crippen LogP contribution in [-0.4, -0.2) is 4.98 Å². The van der Waals surface area contributed by atoms with E-state index in [1.54, 1.807) is 0 Å². The molecule has 2 aromatic rings. The zero-order chi connectivity index (χ0) is 11.5. The molecule has 2 nitrogen and oxygen atoms in total. The second kappa shape index (κ2) is 4.96. The number of hydrogen-bond donors (Lipinski definition) is 0. The van der Waals surface area contributed by atoms with Gasteiger partial charge in [-0.05, 0) is 22.0 Å². The molecule has 0 saturated heterocycles. The van der Waals surface area contributed by atoms with Crippen LogP contribution < -0.4 is 0 Å². The van der Waals surface area contributed by atoms with Crippen molar-refractivity contribution in [3.63, 3.8) is 0 Å². The number of rotatable bonds is 2. The number of halogens is 2. The fraction of sp³-hybridized carbons (Fsp3) is 0.0909. The summed E-state index contributed by atoms with van der Waals surface area (Å²) in [5.74, 6) is 0. The van der Waals surface area contributed by atoms with E-state index in [0.717, 1.165) is 20.1 Å². The second-order valence-electron chi connectivity index (χ2n) is 3.05. The fourth-order valence-electron chi connectivity index (χ4n) is 1.27. The Morgan fingerprint density at radius 1 is 1.44 bits per heavy atom. The van der Waals surface area contributed by atoms with Crippen LogP contribution in [0.1, 0.15) is 5.69 Å². The van der Waals surface area contributed by atoms with Gasteiger partial charge < -0.3 is 0 Å². The Balaban J connectivity index is 2.46. The van der Waals surface area contributed by atoms with Crippen LogP contribution in [0, 0.1) is 11.3 Å². The van der Waals surface area contributed by atoms with Gasteiger partial charge in [-0.25, -0.2) is 4.98 Å². The average molecular weight is 314 g/mol. The Bertz CT molecular complexity index is 559. The molecule has 80 valence electrons. The first-order chi connectivity index (χ1) is 7.72. The maximum atomic E-state index is 8.65. The molecule has 0 saturated carbocycles. The SMILES string of the molecule is N#CCc1nc(-c2ccccc2Cl)sc1Br. The topological polar surface area (TPSA) is 36.7 Å². The van der Waals surface area contributed by atoms with E-state index in [-0.39, 0.29) is 0 Å². The highest BCUT2D eigenvalue weighted by Crippen LogP contribution is 2.35. The molecule has 0 aliphatic carbocycles. The lowest BCUT2D eigenvalue weighted by atomic mass is 10.2. The Morgan fingerprint density at radius 3 is 2.88 bits per heavy atom. The van der Waals surface area contributed by atoms with Crippen molar-refractivity contribution in [1.82, 2.24) is 4.98 Å². The average Bonchev–Trinajstić information content (AvgIpc) is 2.61. The normalized spacial score (nSPS) is 10.1. The minimum atomic E-state index is 0.307. The van der Waals surface area contributed by atoms with Crippen LogP contribution in [0.5, 0.6) is 0 Å². The molecule has 0 unspecified atom stereocenters. The molecule has 0 spiro atoms. The number of thiazole rings is 1. The van der Waals surface area contributed by atoms with Gasteiger partial charge in [-0.15, -0.1) is 11.3 Å². The third kappa shape index (κ3) is 2.27. The van der Waals surface area contributed by atoms with Gasteiger partial charge in [-0.2, -0.15) is 5.26 Å². The van der Waals surface area contributed by atoms with Gasteiger partial charge in [0, 0.05) is 5.56 Å². The van der Waals surface area contributed by atoms with Gasteiger partial charge in [0.25, 0.3) is 0 Å². The summed E-state index contributed by atoms with van der Waals surface area (Å²) in [5, 5.41) is 10.2. The van der Waals surface area contributed by atoms with Crippen LogP contribution in [0.25, 0.3) is 10.6 Å². The summed E-state index contributed by atoms with van der Waals surface area (Å²) in [6.45, 7) is 0. The van der Waals surface area contributed by atoms with Crippen LogP contribution in [0.3, 0.4) is 0 Å². The first-order valence-electron chi connectivity index (χ1n) is 4.49. The molecule has 0 atom stereocenters. The second-order valence-corrected chi connectivity index (χ2v) is 5.78. The molecule has 1 aromatic carbocycles. The number of nitrogens with zero attached hydrogens (tertiary/aromatic N) is 2. The van der Waals surface area contributed by atoms with Crippen molar-refractivity contribution >= 4 is 38.9 Å². The molecule has 0 aliphatic rings. The van der Waals surface area contributed by atoms with E-state index in [1.807, 2.05) is 24.3 Å². The van der Waals surface area contributed by atoms with Crippen molar-refractivity contribution < 1.29 is 0 Å². The highest BCUT2D eigenvalue weighted by atomic mass is 79.9. The molecule has 0 amide bonds. The summed E-state index contributed by atoms with van der Waals surface area (Å²) >= 11 is 11.0. The maximum Gasteiger partial charge on any atom is 0.126 e. The van der Waals surface area contributed by atoms with Crippen LogP contribution in [0.15, 0.2) is 28.1 Å². The van der Waals surface area contributed by atoms with Gasteiger partial charge in [-0.3, -0.25) is 0 Å². The van der Waals surface area contributed by atoms with E-state index in [9.17, 15) is 0 Å². The van der Waals surface area contributed by atoms with Gasteiger partial charge >= 0.3 is 0 Å². The lowest BCUT2D eigenvalue weighted by Gasteiger charge is -1.97. The zero-order valence-electron chi connectivity index (χ0n) is 8.08. The standard InChI is InChI=1S/C11H6BrClN2S/c12-10-9(5-6-14)15-11(16-10)7-3-1-2-4-8(7)13/h1-4H,5H2. The van der Waals surface area contributed by atoms with E-state index in [0.29, 0.717) is 11.4 Å². The van der Waals surface area contributed by atoms with Gasteiger partial charge in [0.05, 0.1) is 27.0 Å². The molecule has 0 N–H and O–H groups in total. The summed E-state index contributed by atoms with van der Waals surface area (Å²) in [7, 11) is 0. The van der Waals surface area contributed by atoms with Gasteiger partial charge in [0.1, 0.15) is 5.01 Å². The summed E-state index contributed by atoms with van der Waals surface area (Å²) < 4.78 is 0.893. The van der Waals surface area contributed by atoms with Crippen LogP contribution in [0.4, 0.5) is 0 Å². The number of nitriles is 1. The Kier molecular flexibility index (Phi) is 3.59. The molecule has 1 heterocycles. The lowest BCUT2D eigenvalue weighted by Crippen LogP contribution is -1.83. The van der Waals surface area contributed by atoms with Crippen molar-refractivity contribution in [1.29, 1.82) is 5.26 Å². The zero-order valence-corrected chi connectivity index (χ0v) is 11.2. The van der Waals surface area contributed by atoms with Crippen molar-refractivity contribution in [2.24, 2.45) is 0 Å². The van der Waals surface area contributed by atoms with Crippen LogP contribution in [-0.2, 0) is 6.42 Å². The molecule has 0 bridgehead atoms. The molecular weight excluding hydrogens is 308 g/mol. The number of aromatic nitrogens is 1. The quantitative estimate of drug-likeness (QED) is 0.829. The van der Waals surface area contributed by atoms with E-state index in [4.69, 9.17) is 16.9 Å². The third-order valence-electron chi connectivity index (χ3n) is 2.00. The Hall–Kier alpha value is -0.890. The predicted molar refractivity (Wildman–Crippen MR) is 69.6 cm³/mol. The molecule has 0 radical (unpaired) electrons. The molecule has 2 rings (SSSR count). The van der Waals surface area contributed by atoms with E-state index in [1.165, 1.54) is 11.3 Å². The smallest absolute Gasteiger partial charge is 0.126 e. The largest absolute Gasteiger partial charge is 0.239 e. The maximum absolute atomic E-state index is 8.65. The first-order valence-corrected chi connectivity index (χ1v) is 6.48. The van der Waals surface area contributed by atoms with Crippen molar-refractivity contribution in [2.45, 2.75) is 6.42 Å². The fourth-order valence-corrected chi connectivity index (χ4v) is 3.09. The van der Waals surface area contributed by atoms with Crippen molar-refractivity contribution in [2.75, 3.05) is 0 Å². The molecule has 0 aliphatic heterocycles. The molecular formula is C11H6BrClN2S. The lowest BCUT2D eigenvalue weighted by molar-refractivity contribution is 1.15. The van der Waals surface area contributed by atoms with Crippen LogP contribution >= 0.6 is 38.9 Å². The van der Waals surface area contributed by atoms with Crippen LogP contribution in [0.2, 0.25) is 5.02 Å². The molecule has 5 heteroatoms. The van der Waals surface area contributed by atoms with Crippen molar-refractivity contribution in [3.8, 4) is 16.6 Å². The minimum absolute atomic E-state index is 0.307. The number of hydrogen-bond acceptors (Lipinski definition) is 3. The van der Waals surface area contributed by atoms with E-state index < -0.39 is 0 Å². The van der Waals surface area contributed by atoms with Gasteiger partial charge in [-0.1, -0.05) is 29.8 Å². The summed E-state index contributed by atoms with van der Waals surface area (Å²) in [6.07, 6.45) is 0.307. The first kappa shape index (κ1) is 11.6.